The number of rotatable bonds is 2. The summed E-state index contributed by atoms with van der Waals surface area (Å²) >= 11 is 0. The molecule has 1 N–H and O–H groups in total. The van der Waals surface area contributed by atoms with Crippen LogP contribution >= 0.6 is 0 Å². The van der Waals surface area contributed by atoms with Crippen molar-refractivity contribution in [3.8, 4) is 0 Å². The van der Waals surface area contributed by atoms with Gasteiger partial charge in [0.05, 0.1) is 4.90 Å². The minimum atomic E-state index is -3.75. The van der Waals surface area contributed by atoms with Crippen molar-refractivity contribution in [1.29, 1.82) is 0 Å². The molecule has 0 aliphatic carbocycles. The van der Waals surface area contributed by atoms with E-state index in [9.17, 15) is 13.2 Å². The zero-order valence-corrected chi connectivity index (χ0v) is 9.99. The van der Waals surface area contributed by atoms with E-state index in [1.54, 1.807) is 12.1 Å². The first-order valence-corrected chi connectivity index (χ1v) is 6.49. The van der Waals surface area contributed by atoms with Gasteiger partial charge in [0.15, 0.2) is 0 Å². The average molecular weight is 251 g/mol. The van der Waals surface area contributed by atoms with Crippen LogP contribution in [0.25, 0.3) is 10.8 Å². The summed E-state index contributed by atoms with van der Waals surface area (Å²) < 4.78 is 25.4. The molecule has 90 valence electrons. The third-order valence-corrected chi connectivity index (χ3v) is 3.74. The van der Waals surface area contributed by atoms with Crippen LogP contribution < -0.4 is 4.72 Å². The number of amides is 1. The van der Waals surface area contributed by atoms with E-state index in [1.165, 1.54) is 13.0 Å². The fourth-order valence-corrected chi connectivity index (χ4v) is 2.61. The topological polar surface area (TPSA) is 63.2 Å². The number of benzene rings is 2. The van der Waals surface area contributed by atoms with Gasteiger partial charge < -0.3 is 0 Å². The molecule has 2 aromatic rings. The maximum atomic E-state index is 11.8. The summed E-state index contributed by atoms with van der Waals surface area (Å²) in [5.41, 5.74) is 0. The molecule has 0 heterocycles. The molecule has 0 bridgehead atoms. The summed E-state index contributed by atoms with van der Waals surface area (Å²) in [7, 11) is -3.75. The van der Waals surface area contributed by atoms with Gasteiger partial charge in [-0.1, -0.05) is 30.3 Å². The Morgan fingerprint density at radius 2 is 1.76 bits per heavy atom. The summed E-state index contributed by atoms with van der Waals surface area (Å²) in [4.78, 5) is 10.9. The second kappa shape index (κ2) is 4.18. The molecular weight excluding hydrogens is 238 g/mol. The van der Waals surface area contributed by atoms with E-state index in [4.69, 9.17) is 0 Å². The van der Waals surface area contributed by atoms with Crippen LogP contribution in [0.1, 0.15) is 8.35 Å². The van der Waals surface area contributed by atoms with Crippen molar-refractivity contribution < 1.29 is 14.6 Å². The molecule has 4 nitrogen and oxygen atoms in total. The highest BCUT2D eigenvalue weighted by Gasteiger charge is 2.15. The molecule has 1 amide bonds. The molecule has 2 aromatic carbocycles. The largest absolute Gasteiger partial charge is 0.274 e. The maximum absolute atomic E-state index is 11.8. The van der Waals surface area contributed by atoms with Gasteiger partial charge in [-0.3, -0.25) is 4.79 Å². The number of nitrogens with one attached hydrogen (secondary N) is 1. The third kappa shape index (κ3) is 2.45. The van der Waals surface area contributed by atoms with E-state index in [2.05, 4.69) is 0 Å². The second-order valence-electron chi connectivity index (χ2n) is 3.67. The Bertz CT molecular complexity index is 683. The molecule has 0 fully saturated rings. The maximum Gasteiger partial charge on any atom is 0.264 e. The van der Waals surface area contributed by atoms with Crippen molar-refractivity contribution >= 4 is 26.7 Å². The zero-order chi connectivity index (χ0) is 12.5. The Morgan fingerprint density at radius 3 is 2.41 bits per heavy atom. The predicted octanol–water partition coefficient (Wildman–Crippen LogP) is 1.91. The van der Waals surface area contributed by atoms with E-state index >= 15 is 0 Å². The van der Waals surface area contributed by atoms with Crippen LogP contribution in [0.4, 0.5) is 0 Å². The molecule has 0 aliphatic heterocycles. The highest BCUT2D eigenvalue weighted by Crippen LogP contribution is 2.18. The first kappa shape index (κ1) is 11.6. The summed E-state index contributed by atoms with van der Waals surface area (Å²) in [6, 6.07) is 12.2. The number of sulfonamides is 1. The molecule has 5 heteroatoms. The Labute approximate surface area is 101 Å². The third-order valence-electron chi connectivity index (χ3n) is 2.31. The first-order valence-electron chi connectivity index (χ1n) is 5.01. The van der Waals surface area contributed by atoms with Crippen molar-refractivity contribution in [2.24, 2.45) is 0 Å². The molecule has 0 aliphatic rings. The Balaban J connectivity index is 0.00000162. The van der Waals surface area contributed by atoms with Gasteiger partial charge in [0.1, 0.15) is 0 Å². The molecule has 0 saturated carbocycles. The Kier molecular flexibility index (Phi) is 2.85. The van der Waals surface area contributed by atoms with Crippen LogP contribution in [-0.2, 0) is 14.8 Å². The smallest absolute Gasteiger partial charge is 0.264 e. The van der Waals surface area contributed by atoms with Gasteiger partial charge in [-0.25, -0.2) is 13.1 Å². The first-order chi connectivity index (χ1) is 7.99. The van der Waals surface area contributed by atoms with Crippen molar-refractivity contribution in [3.63, 3.8) is 0 Å². The van der Waals surface area contributed by atoms with Gasteiger partial charge in [0, 0.05) is 8.35 Å². The summed E-state index contributed by atoms with van der Waals surface area (Å²) in [5, 5.41) is 1.77. The lowest BCUT2D eigenvalue weighted by molar-refractivity contribution is -0.117. The second-order valence-corrected chi connectivity index (χ2v) is 5.35. The molecule has 0 saturated heterocycles. The minimum absolute atomic E-state index is 0. The van der Waals surface area contributed by atoms with E-state index in [1.807, 2.05) is 29.0 Å². The lowest BCUT2D eigenvalue weighted by atomic mass is 10.1. The quantitative estimate of drug-likeness (QED) is 0.886. The lowest BCUT2D eigenvalue weighted by Crippen LogP contribution is -2.28. The van der Waals surface area contributed by atoms with Gasteiger partial charge >= 0.3 is 0 Å². The molecule has 0 aromatic heterocycles. The SMILES string of the molecule is CC(=O)NS(=O)(=O)c1ccc2ccccc2c1.[HH]. The monoisotopic (exact) mass is 251 g/mol. The van der Waals surface area contributed by atoms with E-state index < -0.39 is 15.9 Å². The fourth-order valence-electron chi connectivity index (χ4n) is 1.58. The molecule has 17 heavy (non-hydrogen) atoms. The van der Waals surface area contributed by atoms with Gasteiger partial charge in [-0.05, 0) is 22.9 Å². The van der Waals surface area contributed by atoms with Gasteiger partial charge in [0.2, 0.25) is 5.91 Å². The van der Waals surface area contributed by atoms with E-state index in [0.717, 1.165) is 10.8 Å². The minimum Gasteiger partial charge on any atom is -0.274 e. The fraction of sp³-hybridized carbons (Fsp3) is 0.0833. The summed E-state index contributed by atoms with van der Waals surface area (Å²) in [6.07, 6.45) is 0. The van der Waals surface area contributed by atoms with Crippen molar-refractivity contribution in [2.45, 2.75) is 11.8 Å². The standard InChI is InChI=1S/C12H11NO3S.H2/c1-9(14)13-17(15,16)12-7-6-10-4-2-3-5-11(10)8-12;/h2-8H,1H3,(H,13,14);1H. The Morgan fingerprint density at radius 1 is 1.12 bits per heavy atom. The molecule has 2 rings (SSSR count). The van der Waals surface area contributed by atoms with Crippen LogP contribution in [0.3, 0.4) is 0 Å². The predicted molar refractivity (Wildman–Crippen MR) is 67.1 cm³/mol. The molecule has 0 spiro atoms. The van der Waals surface area contributed by atoms with Crippen LogP contribution in [0.2, 0.25) is 0 Å². The average Bonchev–Trinajstić information content (AvgIpc) is 2.26. The summed E-state index contributed by atoms with van der Waals surface area (Å²) in [6.45, 7) is 1.17. The number of carbonyl (C=O) groups excluding carboxylic acids is 1. The van der Waals surface area contributed by atoms with Crippen LogP contribution in [0.15, 0.2) is 47.4 Å². The van der Waals surface area contributed by atoms with Crippen molar-refractivity contribution in [1.82, 2.24) is 4.72 Å². The van der Waals surface area contributed by atoms with Crippen LogP contribution in [0.5, 0.6) is 0 Å². The molecule has 0 atom stereocenters. The van der Waals surface area contributed by atoms with E-state index in [-0.39, 0.29) is 6.32 Å². The normalized spacial score (nSPS) is 11.4. The van der Waals surface area contributed by atoms with Gasteiger partial charge in [-0.2, -0.15) is 0 Å². The highest BCUT2D eigenvalue weighted by atomic mass is 32.2. The zero-order valence-electron chi connectivity index (χ0n) is 9.17. The summed E-state index contributed by atoms with van der Waals surface area (Å²) in [5.74, 6) is -0.599. The Hall–Kier alpha value is -1.88. The number of hydrogen-bond acceptors (Lipinski definition) is 3. The van der Waals surface area contributed by atoms with Crippen molar-refractivity contribution in [2.75, 3.05) is 0 Å². The van der Waals surface area contributed by atoms with E-state index in [0.29, 0.717) is 0 Å². The lowest BCUT2D eigenvalue weighted by Gasteiger charge is -2.05. The van der Waals surface area contributed by atoms with Gasteiger partial charge in [-0.15, -0.1) is 0 Å². The highest BCUT2D eigenvalue weighted by molar-refractivity contribution is 7.90. The van der Waals surface area contributed by atoms with Crippen molar-refractivity contribution in [3.05, 3.63) is 42.5 Å². The van der Waals surface area contributed by atoms with Gasteiger partial charge in [0.25, 0.3) is 10.0 Å². The van der Waals surface area contributed by atoms with Crippen LogP contribution in [0, 0.1) is 0 Å². The number of hydrogen-bond donors (Lipinski definition) is 1. The molecular formula is C12H13NO3S. The number of carbonyl (C=O) groups is 1. The molecule has 0 unspecified atom stereocenters. The van der Waals surface area contributed by atoms with Crippen LogP contribution in [-0.4, -0.2) is 14.3 Å². The molecule has 0 radical (unpaired) electrons. The number of fused-ring (bicyclic) bond motifs is 1.